The molecule has 0 radical (unpaired) electrons. The summed E-state index contributed by atoms with van der Waals surface area (Å²) in [7, 11) is 0. The van der Waals surface area contributed by atoms with Crippen LogP contribution < -0.4 is 5.56 Å². The van der Waals surface area contributed by atoms with Crippen LogP contribution in [0.25, 0.3) is 10.2 Å². The van der Waals surface area contributed by atoms with Crippen LogP contribution in [0.15, 0.2) is 9.95 Å². The van der Waals surface area contributed by atoms with Gasteiger partial charge >= 0.3 is 0 Å². The fraction of sp³-hybridized carbons (Fsp3) is 0.550. The minimum Gasteiger partial charge on any atom is -0.308 e. The molecule has 0 unspecified atom stereocenters. The molecule has 1 aliphatic rings. The molecule has 0 saturated carbocycles. The molecule has 2 aromatic rings. The van der Waals surface area contributed by atoms with Gasteiger partial charge in [0.1, 0.15) is 10.7 Å². The first-order valence-corrected chi connectivity index (χ1v) is 11.4. The number of carbonyl (C=O) groups excluding carboxylic acids is 1. The van der Waals surface area contributed by atoms with E-state index in [2.05, 4.69) is 6.92 Å². The SMILES string of the molecule is CCCCCn1c(SCC(=O)[C@@H](C#N)C(C)=N)nc2sc3c(c2c1=O)CCC3. The van der Waals surface area contributed by atoms with Gasteiger partial charge in [-0.1, -0.05) is 31.5 Å². The Kier molecular flexibility index (Phi) is 6.68. The Morgan fingerprint density at radius 1 is 1.43 bits per heavy atom. The van der Waals surface area contributed by atoms with Crippen LogP contribution in [0.1, 0.15) is 50.0 Å². The number of hydrogen-bond donors (Lipinski definition) is 1. The van der Waals surface area contributed by atoms with Crippen molar-refractivity contribution < 1.29 is 4.79 Å². The summed E-state index contributed by atoms with van der Waals surface area (Å²) in [5.74, 6) is -1.31. The number of thioether (sulfide) groups is 1. The van der Waals surface area contributed by atoms with Crippen LogP contribution in [0.2, 0.25) is 0 Å². The summed E-state index contributed by atoms with van der Waals surface area (Å²) >= 11 is 2.80. The number of Topliss-reactive ketones (excluding diaryl/α,β-unsaturated/α-hetero) is 1. The van der Waals surface area contributed by atoms with Crippen LogP contribution in [-0.2, 0) is 24.2 Å². The van der Waals surface area contributed by atoms with Gasteiger partial charge in [0.05, 0.1) is 17.2 Å². The van der Waals surface area contributed by atoms with Crippen molar-refractivity contribution >= 4 is 44.8 Å². The van der Waals surface area contributed by atoms with Gasteiger partial charge in [0.2, 0.25) is 0 Å². The molecule has 0 spiro atoms. The molecule has 3 rings (SSSR count). The Morgan fingerprint density at radius 3 is 2.89 bits per heavy atom. The second kappa shape index (κ2) is 9.01. The third-order valence-electron chi connectivity index (χ3n) is 5.00. The van der Waals surface area contributed by atoms with Crippen LogP contribution in [-0.4, -0.2) is 26.8 Å². The maximum Gasteiger partial charge on any atom is 0.263 e. The molecule has 148 valence electrons. The van der Waals surface area contributed by atoms with E-state index in [1.54, 1.807) is 15.9 Å². The van der Waals surface area contributed by atoms with Crippen molar-refractivity contribution in [3.8, 4) is 6.07 Å². The Balaban J connectivity index is 1.94. The quantitative estimate of drug-likeness (QED) is 0.288. The fourth-order valence-electron chi connectivity index (χ4n) is 3.51. The van der Waals surface area contributed by atoms with E-state index in [4.69, 9.17) is 15.7 Å². The largest absolute Gasteiger partial charge is 0.308 e. The number of ketones is 1. The average molecular weight is 417 g/mol. The van der Waals surface area contributed by atoms with Crippen molar-refractivity contribution in [1.29, 1.82) is 10.7 Å². The summed E-state index contributed by atoms with van der Waals surface area (Å²) in [4.78, 5) is 32.3. The number of unbranched alkanes of at least 4 members (excludes halogenated alkanes) is 2. The number of rotatable bonds is 9. The summed E-state index contributed by atoms with van der Waals surface area (Å²) in [5.41, 5.74) is 1.21. The van der Waals surface area contributed by atoms with E-state index in [-0.39, 0.29) is 22.8 Å². The molecule has 28 heavy (non-hydrogen) atoms. The van der Waals surface area contributed by atoms with E-state index in [0.717, 1.165) is 48.7 Å². The Morgan fingerprint density at radius 2 is 2.21 bits per heavy atom. The lowest BCUT2D eigenvalue weighted by Gasteiger charge is -2.12. The molecule has 8 heteroatoms. The predicted molar refractivity (Wildman–Crippen MR) is 114 cm³/mol. The first-order chi connectivity index (χ1) is 13.5. The topological polar surface area (TPSA) is 99.6 Å². The molecule has 1 atom stereocenters. The number of aromatic nitrogens is 2. The number of nitriles is 1. The molecule has 0 bridgehead atoms. The Labute approximate surface area is 172 Å². The highest BCUT2D eigenvalue weighted by atomic mass is 32.2. The van der Waals surface area contributed by atoms with E-state index < -0.39 is 5.92 Å². The van der Waals surface area contributed by atoms with Gasteiger partial charge in [-0.3, -0.25) is 14.2 Å². The molecule has 0 saturated heterocycles. The van der Waals surface area contributed by atoms with E-state index in [0.29, 0.717) is 11.7 Å². The maximum absolute atomic E-state index is 13.3. The molecule has 1 N–H and O–H groups in total. The lowest BCUT2D eigenvalue weighted by atomic mass is 10.0. The van der Waals surface area contributed by atoms with Gasteiger partial charge in [-0.2, -0.15) is 5.26 Å². The Bertz CT molecular complexity index is 1020. The standard InChI is InChI=1S/C20H24N4O2S2/c1-3-4-5-9-24-19(26)17-13-7-6-8-16(13)28-18(17)23-20(24)27-11-15(25)14(10-21)12(2)22/h14,22H,3-9,11H2,1-2H3/t14-/m0/s1. The number of aryl methyl sites for hydroxylation is 2. The average Bonchev–Trinajstić information content (AvgIpc) is 3.23. The van der Waals surface area contributed by atoms with Crippen LogP contribution in [0.5, 0.6) is 0 Å². The number of nitrogens with one attached hydrogen (secondary N) is 1. The van der Waals surface area contributed by atoms with Gasteiger partial charge in [0, 0.05) is 17.1 Å². The summed E-state index contributed by atoms with van der Waals surface area (Å²) in [6.07, 6.45) is 6.01. The number of thiophene rings is 1. The number of carbonyl (C=O) groups is 1. The van der Waals surface area contributed by atoms with E-state index >= 15 is 0 Å². The molecule has 0 amide bonds. The zero-order chi connectivity index (χ0) is 20.3. The molecular formula is C20H24N4O2S2. The second-order valence-electron chi connectivity index (χ2n) is 7.10. The third kappa shape index (κ3) is 4.06. The van der Waals surface area contributed by atoms with Gasteiger partial charge in [-0.05, 0) is 38.2 Å². The molecule has 0 aliphatic heterocycles. The third-order valence-corrected chi connectivity index (χ3v) is 7.19. The molecular weight excluding hydrogens is 392 g/mol. The number of fused-ring (bicyclic) bond motifs is 3. The van der Waals surface area contributed by atoms with Crippen molar-refractivity contribution in [3.05, 3.63) is 20.8 Å². The highest BCUT2D eigenvalue weighted by Gasteiger charge is 2.25. The highest BCUT2D eigenvalue weighted by molar-refractivity contribution is 7.99. The predicted octanol–water partition coefficient (Wildman–Crippen LogP) is 3.98. The highest BCUT2D eigenvalue weighted by Crippen LogP contribution is 2.35. The Hall–Kier alpha value is -1.98. The molecule has 2 aromatic heterocycles. The molecule has 1 aliphatic carbocycles. The monoisotopic (exact) mass is 416 g/mol. The normalized spacial score (nSPS) is 14.0. The van der Waals surface area contributed by atoms with Gasteiger partial charge < -0.3 is 5.41 Å². The summed E-state index contributed by atoms with van der Waals surface area (Å²) < 4.78 is 1.71. The van der Waals surface area contributed by atoms with Crippen LogP contribution in [0, 0.1) is 22.7 Å². The minimum absolute atomic E-state index is 0.00415. The number of hydrogen-bond acceptors (Lipinski definition) is 7. The van der Waals surface area contributed by atoms with E-state index in [9.17, 15) is 9.59 Å². The van der Waals surface area contributed by atoms with Crippen LogP contribution in [0.4, 0.5) is 0 Å². The van der Waals surface area contributed by atoms with Crippen molar-refractivity contribution in [1.82, 2.24) is 9.55 Å². The summed E-state index contributed by atoms with van der Waals surface area (Å²) in [5, 5.41) is 18.0. The van der Waals surface area contributed by atoms with Crippen molar-refractivity contribution in [2.45, 2.75) is 64.1 Å². The van der Waals surface area contributed by atoms with Crippen molar-refractivity contribution in [2.75, 3.05) is 5.75 Å². The van der Waals surface area contributed by atoms with Crippen LogP contribution in [0.3, 0.4) is 0 Å². The van der Waals surface area contributed by atoms with Crippen molar-refractivity contribution in [3.63, 3.8) is 0 Å². The fourth-order valence-corrected chi connectivity index (χ4v) is 5.75. The van der Waals surface area contributed by atoms with Gasteiger partial charge in [0.25, 0.3) is 5.56 Å². The van der Waals surface area contributed by atoms with Gasteiger partial charge in [0.15, 0.2) is 10.9 Å². The molecule has 0 aromatic carbocycles. The summed E-state index contributed by atoms with van der Waals surface area (Å²) in [6, 6.07) is 1.89. The van der Waals surface area contributed by atoms with E-state index in [1.807, 2.05) is 6.07 Å². The minimum atomic E-state index is -1.03. The second-order valence-corrected chi connectivity index (χ2v) is 9.12. The van der Waals surface area contributed by atoms with Gasteiger partial charge in [-0.15, -0.1) is 11.3 Å². The van der Waals surface area contributed by atoms with Gasteiger partial charge in [-0.25, -0.2) is 4.98 Å². The molecule has 6 nitrogen and oxygen atoms in total. The first-order valence-electron chi connectivity index (χ1n) is 9.63. The number of nitrogens with zero attached hydrogens (tertiary/aromatic N) is 3. The summed E-state index contributed by atoms with van der Waals surface area (Å²) in [6.45, 7) is 4.17. The molecule has 2 heterocycles. The smallest absolute Gasteiger partial charge is 0.263 e. The van der Waals surface area contributed by atoms with E-state index in [1.165, 1.54) is 29.1 Å². The first kappa shape index (κ1) is 20.7. The van der Waals surface area contributed by atoms with Crippen LogP contribution >= 0.6 is 23.1 Å². The maximum atomic E-state index is 13.3. The lowest BCUT2D eigenvalue weighted by molar-refractivity contribution is -0.117. The van der Waals surface area contributed by atoms with Crippen molar-refractivity contribution in [2.24, 2.45) is 5.92 Å². The zero-order valence-corrected chi connectivity index (χ0v) is 17.8. The lowest BCUT2D eigenvalue weighted by Crippen LogP contribution is -2.25. The zero-order valence-electron chi connectivity index (χ0n) is 16.2. The molecule has 0 fully saturated rings.